The zero-order chi connectivity index (χ0) is 18.7. The maximum atomic E-state index is 12.7. The van der Waals surface area contributed by atoms with Crippen molar-refractivity contribution in [1.82, 2.24) is 5.01 Å². The Hall–Kier alpha value is -1.99. The van der Waals surface area contributed by atoms with Gasteiger partial charge >= 0.3 is 6.18 Å². The van der Waals surface area contributed by atoms with Crippen molar-refractivity contribution in [2.75, 3.05) is 31.1 Å². The van der Waals surface area contributed by atoms with E-state index in [4.69, 9.17) is 23.2 Å². The molecule has 0 radical (unpaired) electrons. The zero-order valence-corrected chi connectivity index (χ0v) is 15.1. The molecule has 2 aromatic rings. The summed E-state index contributed by atoms with van der Waals surface area (Å²) in [5, 5.41) is 10.7. The largest absolute Gasteiger partial charge is 0.416 e. The molecule has 0 spiro atoms. The molecule has 9 heteroatoms. The number of hydrogen-bond donors (Lipinski definition) is 0. The second-order valence-corrected chi connectivity index (χ2v) is 6.59. The molecule has 0 N–H and O–H groups in total. The quantitative estimate of drug-likeness (QED) is 0.604. The number of rotatable bonds is 3. The Morgan fingerprint density at radius 3 is 2.27 bits per heavy atom. The van der Waals surface area contributed by atoms with Gasteiger partial charge in [-0.05, 0) is 36.4 Å². The molecule has 1 aliphatic heterocycles. The predicted octanol–water partition coefficient (Wildman–Crippen LogP) is 5.83. The van der Waals surface area contributed by atoms with E-state index in [0.717, 1.165) is 17.8 Å². The highest BCUT2D eigenvalue weighted by molar-refractivity contribution is 6.42. The van der Waals surface area contributed by atoms with E-state index in [0.29, 0.717) is 36.2 Å². The summed E-state index contributed by atoms with van der Waals surface area (Å²) >= 11 is 12.0. The third kappa shape index (κ3) is 4.59. The summed E-state index contributed by atoms with van der Waals surface area (Å²) in [6.45, 7) is 2.59. The molecule has 26 heavy (non-hydrogen) atoms. The number of halogens is 5. The molecule has 138 valence electrons. The van der Waals surface area contributed by atoms with Gasteiger partial charge in [0.2, 0.25) is 0 Å². The van der Waals surface area contributed by atoms with Crippen LogP contribution in [0, 0.1) is 0 Å². The lowest BCUT2D eigenvalue weighted by molar-refractivity contribution is -0.137. The van der Waals surface area contributed by atoms with E-state index in [2.05, 4.69) is 15.2 Å². The maximum Gasteiger partial charge on any atom is 0.416 e. The average molecular weight is 403 g/mol. The highest BCUT2D eigenvalue weighted by Gasteiger charge is 2.30. The van der Waals surface area contributed by atoms with E-state index in [-0.39, 0.29) is 5.69 Å². The molecular formula is C17H15Cl2F3N4. The van der Waals surface area contributed by atoms with Crippen molar-refractivity contribution in [3.63, 3.8) is 0 Å². The summed E-state index contributed by atoms with van der Waals surface area (Å²) in [4.78, 5) is 2.14. The number of benzene rings is 2. The van der Waals surface area contributed by atoms with Crippen LogP contribution in [0.4, 0.5) is 24.5 Å². The monoisotopic (exact) mass is 402 g/mol. The van der Waals surface area contributed by atoms with Crippen LogP contribution in [0.15, 0.2) is 52.8 Å². The first-order chi connectivity index (χ1) is 12.3. The summed E-state index contributed by atoms with van der Waals surface area (Å²) in [5.41, 5.74) is 0.402. The SMILES string of the molecule is FC(F)(F)c1cccc(/N=N/N2CCN(c3ccc(Cl)c(Cl)c3)CC2)c1. The smallest absolute Gasteiger partial charge is 0.368 e. The van der Waals surface area contributed by atoms with Crippen molar-refractivity contribution in [2.45, 2.75) is 6.18 Å². The van der Waals surface area contributed by atoms with Gasteiger partial charge in [-0.2, -0.15) is 13.2 Å². The van der Waals surface area contributed by atoms with Gasteiger partial charge in [0.05, 0.1) is 34.4 Å². The normalized spacial score (nSPS) is 15.7. The van der Waals surface area contributed by atoms with E-state index in [1.54, 1.807) is 11.1 Å². The maximum absolute atomic E-state index is 12.7. The molecule has 0 bridgehead atoms. The van der Waals surface area contributed by atoms with Crippen molar-refractivity contribution in [3.8, 4) is 0 Å². The van der Waals surface area contributed by atoms with Gasteiger partial charge in [-0.15, -0.1) is 5.11 Å². The molecule has 0 atom stereocenters. The molecule has 0 amide bonds. The summed E-state index contributed by atoms with van der Waals surface area (Å²) < 4.78 is 38.1. The minimum atomic E-state index is -4.39. The van der Waals surface area contributed by atoms with Gasteiger partial charge < -0.3 is 4.90 Å². The van der Waals surface area contributed by atoms with Crippen molar-refractivity contribution >= 4 is 34.6 Å². The van der Waals surface area contributed by atoms with Crippen LogP contribution in [0.25, 0.3) is 0 Å². The van der Waals surface area contributed by atoms with Gasteiger partial charge in [0, 0.05) is 18.8 Å². The Morgan fingerprint density at radius 1 is 0.885 bits per heavy atom. The second kappa shape index (κ2) is 7.72. The van der Waals surface area contributed by atoms with E-state index >= 15 is 0 Å². The van der Waals surface area contributed by atoms with Crippen molar-refractivity contribution < 1.29 is 13.2 Å². The summed E-state index contributed by atoms with van der Waals surface area (Å²) in [7, 11) is 0. The second-order valence-electron chi connectivity index (χ2n) is 5.78. The summed E-state index contributed by atoms with van der Waals surface area (Å²) in [6.07, 6.45) is -4.39. The minimum Gasteiger partial charge on any atom is -0.368 e. The van der Waals surface area contributed by atoms with Crippen LogP contribution in [0.2, 0.25) is 10.0 Å². The van der Waals surface area contributed by atoms with Gasteiger partial charge in [0.25, 0.3) is 0 Å². The van der Waals surface area contributed by atoms with Crippen molar-refractivity contribution in [2.24, 2.45) is 10.3 Å². The lowest BCUT2D eigenvalue weighted by Gasteiger charge is -2.34. The molecule has 0 saturated carbocycles. The number of alkyl halides is 3. The number of piperazine rings is 1. The van der Waals surface area contributed by atoms with Crippen LogP contribution < -0.4 is 4.90 Å². The molecule has 4 nitrogen and oxygen atoms in total. The molecular weight excluding hydrogens is 388 g/mol. The first-order valence-corrected chi connectivity index (χ1v) is 8.62. The Kier molecular flexibility index (Phi) is 5.58. The fourth-order valence-corrected chi connectivity index (χ4v) is 2.88. The molecule has 1 aliphatic rings. The van der Waals surface area contributed by atoms with Crippen LogP contribution in [0.3, 0.4) is 0 Å². The van der Waals surface area contributed by atoms with Gasteiger partial charge in [-0.25, -0.2) is 0 Å². The Morgan fingerprint density at radius 2 is 1.62 bits per heavy atom. The van der Waals surface area contributed by atoms with Crippen molar-refractivity contribution in [1.29, 1.82) is 0 Å². The van der Waals surface area contributed by atoms with Crippen LogP contribution in [-0.4, -0.2) is 31.2 Å². The molecule has 1 fully saturated rings. The van der Waals surface area contributed by atoms with Gasteiger partial charge in [-0.3, -0.25) is 5.01 Å². The minimum absolute atomic E-state index is 0.173. The Balaban J connectivity index is 1.60. The number of nitrogens with zero attached hydrogens (tertiary/aromatic N) is 4. The molecule has 0 aromatic heterocycles. The topological polar surface area (TPSA) is 31.2 Å². The lowest BCUT2D eigenvalue weighted by Crippen LogP contribution is -2.43. The Bertz CT molecular complexity index is 803. The molecule has 1 saturated heterocycles. The third-order valence-electron chi connectivity index (χ3n) is 3.98. The first-order valence-electron chi connectivity index (χ1n) is 7.87. The summed E-state index contributed by atoms with van der Waals surface area (Å²) in [5.74, 6) is 0. The third-order valence-corrected chi connectivity index (χ3v) is 4.72. The lowest BCUT2D eigenvalue weighted by atomic mass is 10.2. The Labute approximate surface area is 158 Å². The van der Waals surface area contributed by atoms with Crippen LogP contribution in [0.1, 0.15) is 5.56 Å². The predicted molar refractivity (Wildman–Crippen MR) is 96.2 cm³/mol. The standard InChI is InChI=1S/C17H15Cl2F3N4/c18-15-5-4-14(11-16(15)19)25-6-8-26(9-7-25)24-23-13-3-1-2-12(10-13)17(20,21)22/h1-5,10-11H,6-9H2/b24-23+. The average Bonchev–Trinajstić information content (AvgIpc) is 2.62. The van der Waals surface area contributed by atoms with Gasteiger partial charge in [0.1, 0.15) is 0 Å². The zero-order valence-electron chi connectivity index (χ0n) is 13.5. The van der Waals surface area contributed by atoms with E-state index in [9.17, 15) is 13.2 Å². The summed E-state index contributed by atoms with van der Waals surface area (Å²) in [6, 6.07) is 10.3. The molecule has 2 aromatic carbocycles. The first kappa shape index (κ1) is 18.8. The van der Waals surface area contributed by atoms with E-state index in [1.807, 2.05) is 12.1 Å². The molecule has 0 unspecified atom stereocenters. The van der Waals surface area contributed by atoms with Crippen molar-refractivity contribution in [3.05, 3.63) is 58.1 Å². The van der Waals surface area contributed by atoms with Crippen LogP contribution in [-0.2, 0) is 6.18 Å². The number of hydrogen-bond acceptors (Lipinski definition) is 3. The highest BCUT2D eigenvalue weighted by Crippen LogP contribution is 2.31. The van der Waals surface area contributed by atoms with Crippen LogP contribution in [0.5, 0.6) is 0 Å². The molecule has 1 heterocycles. The van der Waals surface area contributed by atoms with E-state index in [1.165, 1.54) is 12.1 Å². The van der Waals surface area contributed by atoms with Crippen LogP contribution >= 0.6 is 23.2 Å². The number of anilines is 1. The van der Waals surface area contributed by atoms with Gasteiger partial charge in [-0.1, -0.05) is 34.5 Å². The highest BCUT2D eigenvalue weighted by atomic mass is 35.5. The fraction of sp³-hybridized carbons (Fsp3) is 0.294. The van der Waals surface area contributed by atoms with Gasteiger partial charge in [0.15, 0.2) is 0 Å². The fourth-order valence-electron chi connectivity index (χ4n) is 2.58. The molecule has 0 aliphatic carbocycles. The molecule has 3 rings (SSSR count). The van der Waals surface area contributed by atoms with E-state index < -0.39 is 11.7 Å².